The minimum absolute atomic E-state index is 0.0794. The monoisotopic (exact) mass is 298 g/mol. The third-order valence-electron chi connectivity index (χ3n) is 3.80. The van der Waals surface area contributed by atoms with Gasteiger partial charge in [0.25, 0.3) is 0 Å². The van der Waals surface area contributed by atoms with Gasteiger partial charge in [-0.1, -0.05) is 12.2 Å². The van der Waals surface area contributed by atoms with Gasteiger partial charge in [-0.25, -0.2) is 0 Å². The van der Waals surface area contributed by atoms with Gasteiger partial charge < -0.3 is 14.6 Å². The van der Waals surface area contributed by atoms with Crippen molar-refractivity contribution in [3.8, 4) is 0 Å². The first-order valence-corrected chi connectivity index (χ1v) is 7.03. The zero-order valence-corrected chi connectivity index (χ0v) is 12.4. The number of rotatable bonds is 7. The highest BCUT2D eigenvalue weighted by Crippen LogP contribution is 2.29. The van der Waals surface area contributed by atoms with Gasteiger partial charge in [0, 0.05) is 0 Å². The first kappa shape index (κ1) is 17.2. The Kier molecular flexibility index (Phi) is 6.91. The smallest absolute Gasteiger partial charge is 0.320 e. The van der Waals surface area contributed by atoms with E-state index in [1.165, 1.54) is 14.2 Å². The van der Waals surface area contributed by atoms with E-state index in [2.05, 4.69) is 9.47 Å². The van der Waals surface area contributed by atoms with Gasteiger partial charge in [-0.2, -0.15) is 0 Å². The number of carbonyl (C=O) groups is 3. The van der Waals surface area contributed by atoms with Crippen molar-refractivity contribution in [2.75, 3.05) is 14.2 Å². The van der Waals surface area contributed by atoms with Gasteiger partial charge in [0.15, 0.2) is 5.92 Å². The quantitative estimate of drug-likeness (QED) is 0.438. The summed E-state index contributed by atoms with van der Waals surface area (Å²) < 4.78 is 9.23. The summed E-state index contributed by atoms with van der Waals surface area (Å²) in [6, 6.07) is 0. The summed E-state index contributed by atoms with van der Waals surface area (Å²) in [6.45, 7) is 0. The average Bonchev–Trinajstić information content (AvgIpc) is 2.47. The van der Waals surface area contributed by atoms with Gasteiger partial charge in [0.1, 0.15) is 0 Å². The molecular weight excluding hydrogens is 276 g/mol. The van der Waals surface area contributed by atoms with E-state index in [1.807, 2.05) is 12.2 Å². The van der Waals surface area contributed by atoms with E-state index in [0.29, 0.717) is 12.8 Å². The van der Waals surface area contributed by atoms with Crippen molar-refractivity contribution in [1.82, 2.24) is 0 Å². The maximum Gasteiger partial charge on any atom is 0.320 e. The molecule has 0 saturated carbocycles. The molecule has 0 aromatic heterocycles. The van der Waals surface area contributed by atoms with Crippen LogP contribution in [0.5, 0.6) is 0 Å². The van der Waals surface area contributed by atoms with E-state index >= 15 is 0 Å². The second-order valence-electron chi connectivity index (χ2n) is 5.26. The van der Waals surface area contributed by atoms with Crippen LogP contribution in [0.3, 0.4) is 0 Å². The highest BCUT2D eigenvalue weighted by atomic mass is 16.5. The summed E-state index contributed by atoms with van der Waals surface area (Å²) in [4.78, 5) is 33.7. The molecule has 1 N–H and O–H groups in total. The maximum absolute atomic E-state index is 11.6. The molecule has 0 bridgehead atoms. The van der Waals surface area contributed by atoms with E-state index in [-0.39, 0.29) is 18.3 Å². The molecule has 0 saturated heterocycles. The molecule has 0 aromatic rings. The van der Waals surface area contributed by atoms with Crippen LogP contribution in [0, 0.1) is 17.8 Å². The minimum atomic E-state index is -0.884. The molecule has 21 heavy (non-hydrogen) atoms. The van der Waals surface area contributed by atoms with Crippen molar-refractivity contribution in [1.29, 1.82) is 0 Å². The summed E-state index contributed by atoms with van der Waals surface area (Å²) in [7, 11) is 2.49. The molecule has 0 aromatic carbocycles. The molecule has 118 valence electrons. The molecule has 1 rings (SSSR count). The fourth-order valence-corrected chi connectivity index (χ4v) is 2.57. The minimum Gasteiger partial charge on any atom is -0.481 e. The molecule has 1 aliphatic rings. The summed E-state index contributed by atoms with van der Waals surface area (Å²) in [5, 5.41) is 8.75. The van der Waals surface area contributed by atoms with E-state index in [9.17, 15) is 14.4 Å². The van der Waals surface area contributed by atoms with Crippen molar-refractivity contribution < 1.29 is 29.0 Å². The number of esters is 2. The summed E-state index contributed by atoms with van der Waals surface area (Å²) in [5.74, 6) is -2.50. The number of carboxylic acid groups (broad SMARTS) is 1. The number of aliphatic carboxylic acids is 1. The summed E-state index contributed by atoms with van der Waals surface area (Å²) in [5.41, 5.74) is 0. The van der Waals surface area contributed by atoms with Crippen LogP contribution >= 0.6 is 0 Å². The number of hydrogen-bond acceptors (Lipinski definition) is 5. The maximum atomic E-state index is 11.6. The number of methoxy groups -OCH3 is 2. The molecule has 0 spiro atoms. The van der Waals surface area contributed by atoms with Gasteiger partial charge >= 0.3 is 17.9 Å². The predicted molar refractivity (Wildman–Crippen MR) is 74.4 cm³/mol. The Balaban J connectivity index is 2.48. The Morgan fingerprint density at radius 2 is 1.62 bits per heavy atom. The van der Waals surface area contributed by atoms with Crippen LogP contribution in [0.1, 0.15) is 32.1 Å². The Hall–Kier alpha value is -1.85. The predicted octanol–water partition coefficient (Wildman–Crippen LogP) is 1.79. The second-order valence-corrected chi connectivity index (χ2v) is 5.26. The van der Waals surface area contributed by atoms with Crippen molar-refractivity contribution >= 4 is 17.9 Å². The molecule has 0 fully saturated rings. The lowest BCUT2D eigenvalue weighted by atomic mass is 9.83. The molecule has 0 unspecified atom stereocenters. The fourth-order valence-electron chi connectivity index (χ4n) is 2.57. The number of carbonyl (C=O) groups excluding carboxylic acids is 2. The average molecular weight is 298 g/mol. The Morgan fingerprint density at radius 3 is 2.05 bits per heavy atom. The second kappa shape index (κ2) is 8.44. The number of hydrogen-bond donors (Lipinski definition) is 1. The first-order valence-electron chi connectivity index (χ1n) is 7.03. The number of ether oxygens (including phenoxy) is 2. The summed E-state index contributed by atoms with van der Waals surface area (Å²) >= 11 is 0. The molecule has 0 aliphatic heterocycles. The van der Waals surface area contributed by atoms with Crippen LogP contribution in [-0.2, 0) is 23.9 Å². The molecular formula is C15H22O6. The van der Waals surface area contributed by atoms with Crippen LogP contribution in [-0.4, -0.2) is 37.2 Å². The number of allylic oxidation sites excluding steroid dienone is 2. The SMILES string of the molecule is COC(=O)C(CC[C@@H]1C=C[C@H](CC(=O)O)CC1)C(=O)OC. The molecule has 6 nitrogen and oxygen atoms in total. The van der Waals surface area contributed by atoms with Crippen molar-refractivity contribution in [2.45, 2.75) is 32.1 Å². The fraction of sp³-hybridized carbons (Fsp3) is 0.667. The van der Waals surface area contributed by atoms with Crippen molar-refractivity contribution in [3.05, 3.63) is 12.2 Å². The normalized spacial score (nSPS) is 21.1. The molecule has 0 heterocycles. The topological polar surface area (TPSA) is 89.9 Å². The zero-order valence-electron chi connectivity index (χ0n) is 12.4. The molecule has 1 aliphatic carbocycles. The lowest BCUT2D eigenvalue weighted by molar-refractivity contribution is -0.159. The van der Waals surface area contributed by atoms with Crippen molar-refractivity contribution in [2.24, 2.45) is 17.8 Å². The number of carboxylic acids is 1. The molecule has 2 atom stereocenters. The van der Waals surface area contributed by atoms with Crippen LogP contribution in [0.4, 0.5) is 0 Å². The Labute approximate surface area is 124 Å². The third-order valence-corrected chi connectivity index (χ3v) is 3.80. The Bertz CT molecular complexity index is 398. The van der Waals surface area contributed by atoms with Crippen molar-refractivity contribution in [3.63, 3.8) is 0 Å². The first-order chi connectivity index (χ1) is 9.97. The van der Waals surface area contributed by atoms with E-state index in [1.54, 1.807) is 0 Å². The lowest BCUT2D eigenvalue weighted by Crippen LogP contribution is -2.27. The highest BCUT2D eigenvalue weighted by Gasteiger charge is 2.29. The largest absolute Gasteiger partial charge is 0.481 e. The zero-order chi connectivity index (χ0) is 15.8. The van der Waals surface area contributed by atoms with Crippen LogP contribution in [0.15, 0.2) is 12.2 Å². The van der Waals surface area contributed by atoms with E-state index < -0.39 is 23.8 Å². The molecule has 0 amide bonds. The third kappa shape index (κ3) is 5.57. The standard InChI is InChI=1S/C15H22O6/c1-20-14(18)12(15(19)21-2)8-7-10-3-5-11(6-4-10)9-13(16)17/h3,5,10-12H,4,6-9H2,1-2H3,(H,16,17)/t10-,11+/m1/s1. The van der Waals surface area contributed by atoms with Gasteiger partial charge in [-0.3, -0.25) is 14.4 Å². The molecule has 0 radical (unpaired) electrons. The van der Waals surface area contributed by atoms with Crippen LogP contribution in [0.25, 0.3) is 0 Å². The highest BCUT2D eigenvalue weighted by molar-refractivity contribution is 5.94. The van der Waals surface area contributed by atoms with E-state index in [0.717, 1.165) is 12.8 Å². The van der Waals surface area contributed by atoms with Gasteiger partial charge in [-0.05, 0) is 37.5 Å². The molecule has 6 heteroatoms. The van der Waals surface area contributed by atoms with Crippen LogP contribution < -0.4 is 0 Å². The van der Waals surface area contributed by atoms with E-state index in [4.69, 9.17) is 5.11 Å². The van der Waals surface area contributed by atoms with Gasteiger partial charge in [-0.15, -0.1) is 0 Å². The van der Waals surface area contributed by atoms with Gasteiger partial charge in [0.2, 0.25) is 0 Å². The summed E-state index contributed by atoms with van der Waals surface area (Å²) in [6.07, 6.45) is 6.79. The van der Waals surface area contributed by atoms with Gasteiger partial charge in [0.05, 0.1) is 20.6 Å². The lowest BCUT2D eigenvalue weighted by Gasteiger charge is -2.22. The Morgan fingerprint density at radius 1 is 1.10 bits per heavy atom. The van der Waals surface area contributed by atoms with Crippen LogP contribution in [0.2, 0.25) is 0 Å².